The standard InChI is InChI=1S/C43H57FN6O9S/c1-25(2)58-36-22-37(30-17-18-32(44)38(57-5)31(30)16-13-26(36)3)59-28-21-35-40(52)48-43(42(54)49-60(55,56)29-14-15-29)23-27(43)11-9-7-6-8-10-12-34(41(53)50(35)24-28)47-39(51)33(45)19-20-46-4/h9,11,17-18,20,22,25,27-29,34-35,45H,6-8,10,12-16,19,21,23-24H2,1-5H3,(H,47,51)(H,48,52)(H,49,54). The zero-order valence-corrected chi connectivity index (χ0v) is 35.8. The van der Waals surface area contributed by atoms with Crippen LogP contribution in [-0.2, 0) is 45.1 Å². The number of amides is 4. The Morgan fingerprint density at radius 1 is 1.15 bits per heavy atom. The monoisotopic (exact) mass is 852 g/mol. The second kappa shape index (κ2) is 18.7. The molecule has 0 spiro atoms. The molecule has 60 heavy (non-hydrogen) atoms. The van der Waals surface area contributed by atoms with Gasteiger partial charge in [0.25, 0.3) is 11.8 Å². The van der Waals surface area contributed by atoms with Gasteiger partial charge in [0.2, 0.25) is 21.8 Å². The van der Waals surface area contributed by atoms with E-state index in [0.717, 1.165) is 12.0 Å². The molecule has 2 aliphatic heterocycles. The second-order valence-corrected chi connectivity index (χ2v) is 18.5. The van der Waals surface area contributed by atoms with Crippen molar-refractivity contribution in [3.63, 3.8) is 0 Å². The van der Waals surface area contributed by atoms with Crippen molar-refractivity contribution in [2.24, 2.45) is 10.9 Å². The lowest BCUT2D eigenvalue weighted by molar-refractivity contribution is -0.142. The number of halogens is 1. The summed E-state index contributed by atoms with van der Waals surface area (Å²) >= 11 is 0. The Labute approximate surface area is 351 Å². The van der Waals surface area contributed by atoms with Gasteiger partial charge in [0.05, 0.1) is 25.0 Å². The maximum absolute atomic E-state index is 15.1. The molecular formula is C43H57FN6O9S. The van der Waals surface area contributed by atoms with Gasteiger partial charge in [-0.15, -0.1) is 0 Å². The first-order valence-corrected chi connectivity index (χ1v) is 22.4. The summed E-state index contributed by atoms with van der Waals surface area (Å²) in [5.41, 5.74) is 0.161. The van der Waals surface area contributed by atoms with E-state index in [1.807, 2.05) is 32.9 Å². The number of benzene rings is 1. The third-order valence-electron chi connectivity index (χ3n) is 11.7. The molecule has 6 rings (SSSR count). The van der Waals surface area contributed by atoms with Crippen molar-refractivity contribution in [3.8, 4) is 5.75 Å². The van der Waals surface area contributed by atoms with Crippen molar-refractivity contribution in [2.75, 3.05) is 20.7 Å². The minimum Gasteiger partial charge on any atom is -0.493 e. The molecule has 2 saturated carbocycles. The van der Waals surface area contributed by atoms with E-state index >= 15 is 4.39 Å². The number of methoxy groups -OCH3 is 1. The van der Waals surface area contributed by atoms with Gasteiger partial charge in [0.15, 0.2) is 11.6 Å². The summed E-state index contributed by atoms with van der Waals surface area (Å²) in [4.78, 5) is 61.6. The van der Waals surface area contributed by atoms with Gasteiger partial charge in [-0.05, 0) is 89.8 Å². The van der Waals surface area contributed by atoms with Crippen LogP contribution in [-0.4, -0.2) is 105 Å². The third-order valence-corrected chi connectivity index (χ3v) is 13.5. The molecule has 2 heterocycles. The van der Waals surface area contributed by atoms with Crippen LogP contribution in [0.2, 0.25) is 0 Å². The minimum atomic E-state index is -3.95. The van der Waals surface area contributed by atoms with E-state index < -0.39 is 74.4 Å². The zero-order chi connectivity index (χ0) is 43.4. The molecule has 5 aliphatic rings. The predicted octanol–water partition coefficient (Wildman–Crippen LogP) is 4.41. The van der Waals surface area contributed by atoms with E-state index in [9.17, 15) is 27.6 Å². The van der Waals surface area contributed by atoms with E-state index in [4.69, 9.17) is 19.6 Å². The van der Waals surface area contributed by atoms with Crippen LogP contribution < -0.4 is 20.1 Å². The van der Waals surface area contributed by atoms with E-state index in [1.165, 1.54) is 31.3 Å². The first kappa shape index (κ1) is 44.5. The van der Waals surface area contributed by atoms with Gasteiger partial charge in [-0.25, -0.2) is 12.8 Å². The Morgan fingerprint density at radius 2 is 1.92 bits per heavy atom. The normalized spacial score (nSPS) is 26.3. The predicted molar refractivity (Wildman–Crippen MR) is 223 cm³/mol. The smallest absolute Gasteiger partial charge is 0.265 e. The number of carbonyl (C=O) groups is 4. The number of sulfonamides is 1. The number of hydrogen-bond donors (Lipinski definition) is 4. The molecule has 17 heteroatoms. The van der Waals surface area contributed by atoms with Gasteiger partial charge >= 0.3 is 0 Å². The van der Waals surface area contributed by atoms with E-state index in [1.54, 1.807) is 12.1 Å². The molecule has 3 fully saturated rings. The first-order valence-electron chi connectivity index (χ1n) is 20.8. The van der Waals surface area contributed by atoms with Crippen molar-refractivity contribution >= 4 is 51.3 Å². The topological polar surface area (TPSA) is 206 Å². The zero-order valence-electron chi connectivity index (χ0n) is 35.0. The number of fused-ring (bicyclic) bond motifs is 3. The SMILES string of the molecule is CN=CCC(=N)C(=O)NC1CCCCCC=CC2CC2(C(=O)NS(=O)(=O)C2CC2)NC(=O)C2CC(OC3=CC(OC(C)C)=C(C)CCc4c3ccc(F)c4OC)CN2C1=O. The number of rotatable bonds is 12. The quantitative estimate of drug-likeness (QED) is 0.174. The minimum absolute atomic E-state index is 0.0380. The van der Waals surface area contributed by atoms with Crippen LogP contribution in [0.25, 0.3) is 5.76 Å². The number of hydrogen-bond acceptors (Lipinski definition) is 11. The summed E-state index contributed by atoms with van der Waals surface area (Å²) in [5, 5.41) is 13.2. The molecule has 1 aromatic rings. The largest absolute Gasteiger partial charge is 0.493 e. The summed E-state index contributed by atoms with van der Waals surface area (Å²) in [6, 6.07) is 0.568. The number of nitrogens with one attached hydrogen (secondary N) is 4. The lowest BCUT2D eigenvalue weighted by Crippen LogP contribution is -2.58. The molecule has 4 amide bonds. The summed E-state index contributed by atoms with van der Waals surface area (Å²) in [7, 11) is -1.02. The molecule has 1 aromatic carbocycles. The van der Waals surface area contributed by atoms with E-state index in [0.29, 0.717) is 67.6 Å². The van der Waals surface area contributed by atoms with Crippen LogP contribution in [0.1, 0.15) is 103 Å². The highest BCUT2D eigenvalue weighted by Gasteiger charge is 2.62. The number of allylic oxidation sites excluding steroid dienone is 3. The van der Waals surface area contributed by atoms with Crippen molar-refractivity contribution in [1.82, 2.24) is 20.3 Å². The van der Waals surface area contributed by atoms with Gasteiger partial charge in [0.1, 0.15) is 41.0 Å². The van der Waals surface area contributed by atoms with Crippen molar-refractivity contribution in [3.05, 3.63) is 58.6 Å². The number of carbonyl (C=O) groups excluding carboxylic acids is 4. The van der Waals surface area contributed by atoms with Gasteiger partial charge in [0, 0.05) is 49.2 Å². The summed E-state index contributed by atoms with van der Waals surface area (Å²) in [6.45, 7) is 5.60. The molecule has 4 N–H and O–H groups in total. The molecular weight excluding hydrogens is 796 g/mol. The Bertz CT molecular complexity index is 2110. The second-order valence-electron chi connectivity index (χ2n) is 16.6. The highest BCUT2D eigenvalue weighted by molar-refractivity contribution is 7.91. The Morgan fingerprint density at radius 3 is 2.62 bits per heavy atom. The fourth-order valence-corrected chi connectivity index (χ4v) is 9.45. The summed E-state index contributed by atoms with van der Waals surface area (Å²) < 4.78 is 61.7. The molecule has 1 saturated heterocycles. The number of ether oxygens (including phenoxy) is 3. The van der Waals surface area contributed by atoms with Crippen LogP contribution in [0.4, 0.5) is 4.39 Å². The van der Waals surface area contributed by atoms with Crippen LogP contribution >= 0.6 is 0 Å². The molecule has 5 unspecified atom stereocenters. The Balaban J connectivity index is 1.37. The summed E-state index contributed by atoms with van der Waals surface area (Å²) in [6.07, 6.45) is 10.7. The molecule has 0 aromatic heterocycles. The van der Waals surface area contributed by atoms with Crippen LogP contribution in [0.3, 0.4) is 0 Å². The summed E-state index contributed by atoms with van der Waals surface area (Å²) in [5.74, 6) is -2.90. The maximum Gasteiger partial charge on any atom is 0.265 e. The van der Waals surface area contributed by atoms with Gasteiger partial charge < -0.3 is 34.7 Å². The van der Waals surface area contributed by atoms with Crippen LogP contribution in [0.15, 0.2) is 46.7 Å². The number of aliphatic imine (C=N–C) groups is 1. The van der Waals surface area contributed by atoms with Crippen LogP contribution in [0, 0.1) is 17.1 Å². The molecule has 326 valence electrons. The Hall–Kier alpha value is -5.06. The van der Waals surface area contributed by atoms with Crippen molar-refractivity contribution in [2.45, 2.75) is 133 Å². The fraction of sp³-hybridized carbons (Fsp3) is 0.581. The molecule has 5 atom stereocenters. The maximum atomic E-state index is 15.1. The fourth-order valence-electron chi connectivity index (χ4n) is 8.09. The molecule has 15 nitrogen and oxygen atoms in total. The highest BCUT2D eigenvalue weighted by atomic mass is 32.2. The van der Waals surface area contributed by atoms with E-state index in [-0.39, 0.29) is 49.8 Å². The lowest BCUT2D eigenvalue weighted by Gasteiger charge is -2.30. The van der Waals surface area contributed by atoms with Gasteiger partial charge in [-0.1, -0.05) is 25.0 Å². The molecule has 0 bridgehead atoms. The van der Waals surface area contributed by atoms with Gasteiger partial charge in [-0.3, -0.25) is 29.3 Å². The Kier molecular flexibility index (Phi) is 13.9. The first-order chi connectivity index (χ1) is 28.6. The third kappa shape index (κ3) is 10.1. The van der Waals surface area contributed by atoms with E-state index in [2.05, 4.69) is 20.3 Å². The van der Waals surface area contributed by atoms with Crippen molar-refractivity contribution < 1.29 is 46.2 Å². The van der Waals surface area contributed by atoms with Crippen LogP contribution in [0.5, 0.6) is 5.75 Å². The average molecular weight is 853 g/mol. The highest BCUT2D eigenvalue weighted by Crippen LogP contribution is 2.46. The molecule has 0 radical (unpaired) electrons. The van der Waals surface area contributed by atoms with Crippen molar-refractivity contribution in [1.29, 1.82) is 5.41 Å². The lowest BCUT2D eigenvalue weighted by atomic mass is 9.94. The molecule has 3 aliphatic carbocycles. The number of nitrogens with zero attached hydrogens (tertiary/aromatic N) is 2. The van der Waals surface area contributed by atoms with Gasteiger partial charge in [-0.2, -0.15) is 0 Å². The average Bonchev–Trinajstić information content (AvgIpc) is 4.13.